The van der Waals surface area contributed by atoms with E-state index >= 15 is 0 Å². The van der Waals surface area contributed by atoms with Crippen molar-refractivity contribution in [1.82, 2.24) is 35.4 Å². The third-order valence-corrected chi connectivity index (χ3v) is 17.3. The number of amides is 5. The average Bonchev–Trinajstić information content (AvgIpc) is 4.06. The maximum atomic E-state index is 14.3. The Balaban J connectivity index is 0.796. The lowest BCUT2D eigenvalue weighted by atomic mass is 10.0. The van der Waals surface area contributed by atoms with Crippen LogP contribution in [0.3, 0.4) is 0 Å². The Labute approximate surface area is 480 Å². The summed E-state index contributed by atoms with van der Waals surface area (Å²) >= 11 is 16.1. The number of thiazole rings is 1. The fraction of sp³-hybridized carbons (Fsp3) is 0.464. The van der Waals surface area contributed by atoms with Gasteiger partial charge in [-0.25, -0.2) is 19.7 Å². The molecule has 2 aromatic heterocycles. The molecule has 3 aromatic carbocycles. The highest BCUT2D eigenvalue weighted by molar-refractivity contribution is 8.00. The predicted octanol–water partition coefficient (Wildman–Crippen LogP) is 9.14. The summed E-state index contributed by atoms with van der Waals surface area (Å²) in [5, 5.41) is 22.9. The molecule has 79 heavy (non-hydrogen) atoms. The van der Waals surface area contributed by atoms with E-state index in [1.807, 2.05) is 81.7 Å². The van der Waals surface area contributed by atoms with E-state index in [1.165, 1.54) is 43.3 Å². The zero-order valence-electron chi connectivity index (χ0n) is 45.9. The molecular formula is C56H71Cl2N11O8S2. The Hall–Kier alpha value is -6.23. The van der Waals surface area contributed by atoms with Gasteiger partial charge in [0.05, 0.1) is 54.7 Å². The number of unbranched alkanes of at least 4 members (excludes halogenated alkanes) is 3. The van der Waals surface area contributed by atoms with Crippen LogP contribution in [0, 0.1) is 6.92 Å². The number of carbonyl (C=O) groups excluding carboxylic acids is 5. The zero-order chi connectivity index (χ0) is 57.0. The number of hydrogen-bond donors (Lipinski definition) is 5. The van der Waals surface area contributed by atoms with E-state index in [0.717, 1.165) is 90.7 Å². The Bertz CT molecular complexity index is 2900. The number of piperazine rings is 1. The summed E-state index contributed by atoms with van der Waals surface area (Å²) in [7, 11) is 4.44. The molecule has 0 radical (unpaired) electrons. The van der Waals surface area contributed by atoms with Crippen LogP contribution in [0.5, 0.6) is 11.5 Å². The molecule has 4 heterocycles. The van der Waals surface area contributed by atoms with Crippen LogP contribution in [-0.2, 0) is 19.2 Å². The van der Waals surface area contributed by atoms with Crippen molar-refractivity contribution < 1.29 is 38.6 Å². The van der Waals surface area contributed by atoms with E-state index in [4.69, 9.17) is 32.7 Å². The van der Waals surface area contributed by atoms with Crippen LogP contribution >= 0.6 is 46.3 Å². The van der Waals surface area contributed by atoms with Crippen LogP contribution in [0.1, 0.15) is 83.5 Å². The number of nitrogens with zero attached hydrogens (tertiary/aromatic N) is 7. The Morgan fingerprint density at radius 1 is 0.899 bits per heavy atom. The molecule has 19 nitrogen and oxygen atoms in total. The molecule has 5 aromatic rings. The summed E-state index contributed by atoms with van der Waals surface area (Å²) in [6.45, 7) is 12.6. The number of β-amino-alcohol motifs (C(OH)–C–C–N with tert-alkyl or cyclic N) is 1. The summed E-state index contributed by atoms with van der Waals surface area (Å²) in [5.41, 5.74) is 6.72. The second-order valence-corrected chi connectivity index (χ2v) is 23.6. The van der Waals surface area contributed by atoms with Crippen molar-refractivity contribution in [3.05, 3.63) is 93.8 Å². The van der Waals surface area contributed by atoms with Crippen LogP contribution in [0.15, 0.2) is 72.5 Å². The fourth-order valence-corrected chi connectivity index (χ4v) is 12.2. The summed E-state index contributed by atoms with van der Waals surface area (Å²) < 4.78 is 9.89. The lowest BCUT2D eigenvalue weighted by Crippen LogP contribution is -2.59. The number of thioether (sulfide) groups is 1. The Kier molecular flexibility index (Phi) is 21.2. The molecule has 0 aliphatic carbocycles. The third kappa shape index (κ3) is 15.8. The van der Waals surface area contributed by atoms with Crippen molar-refractivity contribution in [2.45, 2.75) is 102 Å². The van der Waals surface area contributed by atoms with Gasteiger partial charge in [-0.2, -0.15) is 11.8 Å². The minimum atomic E-state index is -0.927. The monoisotopic (exact) mass is 1160 g/mol. The number of aliphatic hydroxyl groups is 1. The van der Waals surface area contributed by atoms with Crippen molar-refractivity contribution in [3.8, 4) is 21.9 Å². The number of hydrogen-bond acceptors (Lipinski definition) is 16. The number of nitrogens with one attached hydrogen (secondary N) is 4. The minimum Gasteiger partial charge on any atom is -0.495 e. The molecule has 0 unspecified atom stereocenters. The van der Waals surface area contributed by atoms with Crippen LogP contribution in [0.25, 0.3) is 10.4 Å². The molecule has 424 valence electrons. The molecule has 2 fully saturated rings. The summed E-state index contributed by atoms with van der Waals surface area (Å²) in [6.07, 6.45) is 4.58. The van der Waals surface area contributed by atoms with E-state index in [0.29, 0.717) is 24.6 Å². The Morgan fingerprint density at radius 2 is 1.57 bits per heavy atom. The van der Waals surface area contributed by atoms with Gasteiger partial charge in [-0.05, 0) is 81.7 Å². The standard InChI is InChI=1S/C56H71Cl2N11O8S2/c1-34(37-14-16-38(17-15-37)51-35(2)61-33-78-51)62-53(73)43-27-42(72)31-69(43)54(74)52(63-36(3)70)56(4,5)79-26-12-10-9-11-13-41(71)30-67-22-24-68(25-23-67)40-20-18-39(19-21-40)64-46-29-47(60-32-59-46)66(6)55(75)65-50-48(57)44(76-7)28-45(77-8)49(50)58/h14-21,28-29,32-34,42-43,52,72H,9-13,22-27,30-31H2,1-8H3,(H,62,73)(H,63,70)(H,65,75)(H,59,60,64)/t34-,42+,43-,52+/m0/s1. The molecule has 23 heteroatoms. The van der Waals surface area contributed by atoms with Crippen LogP contribution < -0.4 is 40.5 Å². The number of halogens is 2. The summed E-state index contributed by atoms with van der Waals surface area (Å²) in [5.74, 6) is 1.20. The number of anilines is 5. The summed E-state index contributed by atoms with van der Waals surface area (Å²) in [4.78, 5) is 88.2. The topological polar surface area (TPSA) is 224 Å². The van der Waals surface area contributed by atoms with Crippen molar-refractivity contribution in [1.29, 1.82) is 0 Å². The number of ketones is 1. The first kappa shape index (κ1) is 60.4. The number of ether oxygens (including phenoxy) is 2. The first-order valence-electron chi connectivity index (χ1n) is 26.3. The molecular weight excluding hydrogens is 1090 g/mol. The molecule has 2 aliphatic rings. The fourth-order valence-electron chi connectivity index (χ4n) is 9.58. The highest BCUT2D eigenvalue weighted by Gasteiger charge is 2.46. The number of rotatable bonds is 24. The molecule has 0 bridgehead atoms. The van der Waals surface area contributed by atoms with Gasteiger partial charge in [0, 0.05) is 87.8 Å². The number of carbonyl (C=O) groups is 5. The smallest absolute Gasteiger partial charge is 0.327 e. The number of urea groups is 1. The molecule has 2 saturated heterocycles. The number of Topliss-reactive ketones (excluding diaryl/α,β-unsaturated/α-hetero) is 1. The van der Waals surface area contributed by atoms with E-state index in [1.54, 1.807) is 36.2 Å². The van der Waals surface area contributed by atoms with Gasteiger partial charge in [-0.15, -0.1) is 11.3 Å². The molecule has 0 spiro atoms. The number of aliphatic hydroxyl groups excluding tert-OH is 1. The highest BCUT2D eigenvalue weighted by atomic mass is 35.5. The summed E-state index contributed by atoms with van der Waals surface area (Å²) in [6, 6.07) is 16.4. The number of methoxy groups -OCH3 is 2. The molecule has 5 amide bonds. The quantitative estimate of drug-likeness (QED) is 0.0363. The van der Waals surface area contributed by atoms with Crippen molar-refractivity contribution >= 4 is 105 Å². The first-order chi connectivity index (χ1) is 37.8. The number of aryl methyl sites for hydroxylation is 1. The van der Waals surface area contributed by atoms with Crippen LogP contribution in [0.4, 0.5) is 33.5 Å². The largest absolute Gasteiger partial charge is 0.495 e. The van der Waals surface area contributed by atoms with Crippen LogP contribution in [0.2, 0.25) is 10.0 Å². The molecule has 2 aliphatic heterocycles. The lowest BCUT2D eigenvalue weighted by Gasteiger charge is -2.37. The SMILES string of the molecule is COc1cc(OC)c(Cl)c(NC(=O)N(C)c2cc(Nc3ccc(N4CCN(CC(=O)CCCCCCSC(C)(C)[C@H](NC(C)=O)C(=O)N5C[C@H](O)C[C@H]5C(=O)N[C@@H](C)c5ccc(-c6scnc6C)cc5)CC4)cc3)ncn2)c1Cl. The third-order valence-electron chi connectivity index (χ3n) is 14.1. The van der Waals surface area contributed by atoms with Gasteiger partial charge in [0.15, 0.2) is 0 Å². The molecule has 7 rings (SSSR count). The maximum Gasteiger partial charge on any atom is 0.327 e. The first-order valence-corrected chi connectivity index (χ1v) is 28.9. The highest BCUT2D eigenvalue weighted by Crippen LogP contribution is 2.44. The zero-order valence-corrected chi connectivity index (χ0v) is 49.1. The van der Waals surface area contributed by atoms with Gasteiger partial charge in [-0.1, -0.05) is 60.3 Å². The van der Waals surface area contributed by atoms with E-state index in [-0.39, 0.29) is 63.8 Å². The minimum absolute atomic E-state index is 0.00648. The van der Waals surface area contributed by atoms with Gasteiger partial charge in [-0.3, -0.25) is 29.0 Å². The molecule has 4 atom stereocenters. The molecule has 5 N–H and O–H groups in total. The van der Waals surface area contributed by atoms with Crippen molar-refractivity contribution in [2.24, 2.45) is 0 Å². The lowest BCUT2D eigenvalue weighted by molar-refractivity contribution is -0.142. The van der Waals surface area contributed by atoms with Gasteiger partial charge < -0.3 is 45.6 Å². The predicted molar refractivity (Wildman–Crippen MR) is 315 cm³/mol. The van der Waals surface area contributed by atoms with Gasteiger partial charge >= 0.3 is 6.03 Å². The second-order valence-electron chi connectivity index (χ2n) is 20.3. The maximum absolute atomic E-state index is 14.3. The number of aromatic nitrogens is 3. The van der Waals surface area contributed by atoms with Crippen LogP contribution in [-0.4, -0.2) is 149 Å². The molecule has 0 saturated carbocycles. The second kappa shape index (κ2) is 27.8. The Morgan fingerprint density at radius 3 is 2.20 bits per heavy atom. The van der Waals surface area contributed by atoms with Crippen molar-refractivity contribution in [2.75, 3.05) is 86.7 Å². The van der Waals surface area contributed by atoms with E-state index < -0.39 is 34.9 Å². The van der Waals surface area contributed by atoms with E-state index in [9.17, 15) is 29.1 Å². The average molecular weight is 1160 g/mol. The van der Waals surface area contributed by atoms with E-state index in [2.05, 4.69) is 46.0 Å². The number of benzene rings is 3. The van der Waals surface area contributed by atoms with Gasteiger partial charge in [0.25, 0.3) is 0 Å². The number of likely N-dealkylation sites (tertiary alicyclic amines) is 1. The van der Waals surface area contributed by atoms with Gasteiger partial charge in [0.2, 0.25) is 17.7 Å². The van der Waals surface area contributed by atoms with Gasteiger partial charge in [0.1, 0.15) is 57.4 Å². The normalized spacial score (nSPS) is 16.4. The van der Waals surface area contributed by atoms with Crippen molar-refractivity contribution in [3.63, 3.8) is 0 Å².